The summed E-state index contributed by atoms with van der Waals surface area (Å²) in [6, 6.07) is 7.58. The molecule has 5 heteroatoms. The van der Waals surface area contributed by atoms with Gasteiger partial charge in [-0.2, -0.15) is 0 Å². The zero-order chi connectivity index (χ0) is 14.3. The van der Waals surface area contributed by atoms with Crippen molar-refractivity contribution in [2.45, 2.75) is 26.3 Å². The van der Waals surface area contributed by atoms with Crippen LogP contribution in [-0.4, -0.2) is 30.2 Å². The average molecular weight is 329 g/mol. The van der Waals surface area contributed by atoms with E-state index < -0.39 is 0 Å². The summed E-state index contributed by atoms with van der Waals surface area (Å²) in [7, 11) is 0. The van der Waals surface area contributed by atoms with Crippen LogP contribution in [0.3, 0.4) is 0 Å². The molecule has 19 heavy (non-hydrogen) atoms. The van der Waals surface area contributed by atoms with Crippen LogP contribution in [0.5, 0.6) is 0 Å². The second-order valence-electron chi connectivity index (χ2n) is 4.86. The number of hydrogen-bond acceptors (Lipinski definition) is 3. The van der Waals surface area contributed by atoms with E-state index in [-0.39, 0.29) is 24.5 Å². The molecule has 2 unspecified atom stereocenters. The van der Waals surface area contributed by atoms with Crippen LogP contribution in [0, 0.1) is 5.92 Å². The molecule has 106 valence electrons. The van der Waals surface area contributed by atoms with E-state index in [0.29, 0.717) is 13.0 Å². The lowest BCUT2D eigenvalue weighted by Gasteiger charge is -2.16. The first-order valence-electron chi connectivity index (χ1n) is 6.41. The number of rotatable bonds is 7. The number of hydrogen-bond donors (Lipinski definition) is 3. The van der Waals surface area contributed by atoms with Crippen LogP contribution in [-0.2, 0) is 4.79 Å². The van der Waals surface area contributed by atoms with Gasteiger partial charge in [-0.1, -0.05) is 22.9 Å². The molecule has 0 saturated heterocycles. The molecule has 1 aromatic rings. The fourth-order valence-electron chi connectivity index (χ4n) is 1.56. The SMILES string of the molecule is CC(CO)CNC(C)CC(=O)Nc1ccc(Br)cc1. The van der Waals surface area contributed by atoms with Crippen molar-refractivity contribution in [2.24, 2.45) is 5.92 Å². The van der Waals surface area contributed by atoms with Crippen molar-refractivity contribution in [3.63, 3.8) is 0 Å². The van der Waals surface area contributed by atoms with Crippen LogP contribution in [0.2, 0.25) is 0 Å². The molecule has 0 spiro atoms. The van der Waals surface area contributed by atoms with Crippen molar-refractivity contribution in [3.8, 4) is 0 Å². The Balaban J connectivity index is 2.32. The van der Waals surface area contributed by atoms with Gasteiger partial charge in [-0.15, -0.1) is 0 Å². The molecular formula is C14H21BrN2O2. The monoisotopic (exact) mass is 328 g/mol. The molecule has 2 atom stereocenters. The summed E-state index contributed by atoms with van der Waals surface area (Å²) in [4.78, 5) is 11.8. The quantitative estimate of drug-likeness (QED) is 0.720. The Morgan fingerprint density at radius 3 is 2.53 bits per heavy atom. The van der Waals surface area contributed by atoms with Gasteiger partial charge in [0.15, 0.2) is 0 Å². The molecule has 1 amide bonds. The first-order chi connectivity index (χ1) is 9.01. The summed E-state index contributed by atoms with van der Waals surface area (Å²) in [5.41, 5.74) is 0.795. The summed E-state index contributed by atoms with van der Waals surface area (Å²) in [5, 5.41) is 15.0. The Hall–Kier alpha value is -0.910. The first-order valence-corrected chi connectivity index (χ1v) is 7.20. The molecule has 0 radical (unpaired) electrons. The van der Waals surface area contributed by atoms with E-state index in [1.54, 1.807) is 0 Å². The highest BCUT2D eigenvalue weighted by molar-refractivity contribution is 9.10. The lowest BCUT2D eigenvalue weighted by atomic mass is 10.1. The molecule has 0 aromatic heterocycles. The molecule has 0 heterocycles. The minimum Gasteiger partial charge on any atom is -0.396 e. The van der Waals surface area contributed by atoms with Gasteiger partial charge >= 0.3 is 0 Å². The van der Waals surface area contributed by atoms with Gasteiger partial charge in [0.05, 0.1) is 0 Å². The number of benzene rings is 1. The lowest BCUT2D eigenvalue weighted by Crippen LogP contribution is -2.34. The molecular weight excluding hydrogens is 308 g/mol. The fraction of sp³-hybridized carbons (Fsp3) is 0.500. The largest absolute Gasteiger partial charge is 0.396 e. The van der Waals surface area contributed by atoms with Crippen molar-refractivity contribution in [2.75, 3.05) is 18.5 Å². The molecule has 0 bridgehead atoms. The van der Waals surface area contributed by atoms with Crippen LogP contribution in [0.25, 0.3) is 0 Å². The van der Waals surface area contributed by atoms with E-state index >= 15 is 0 Å². The molecule has 1 aromatic carbocycles. The third kappa shape index (κ3) is 6.71. The Labute approximate surface area is 122 Å². The van der Waals surface area contributed by atoms with E-state index in [1.165, 1.54) is 0 Å². The maximum atomic E-state index is 11.8. The number of aliphatic hydroxyl groups is 1. The van der Waals surface area contributed by atoms with Gasteiger partial charge in [-0.05, 0) is 37.1 Å². The Morgan fingerprint density at radius 2 is 1.95 bits per heavy atom. The van der Waals surface area contributed by atoms with Crippen LogP contribution in [0.15, 0.2) is 28.7 Å². The number of carbonyl (C=O) groups excluding carboxylic acids is 1. The van der Waals surface area contributed by atoms with Gasteiger partial charge in [-0.3, -0.25) is 4.79 Å². The lowest BCUT2D eigenvalue weighted by molar-refractivity contribution is -0.116. The Bertz CT molecular complexity index is 395. The fourth-order valence-corrected chi connectivity index (χ4v) is 1.83. The van der Waals surface area contributed by atoms with Gasteiger partial charge in [-0.25, -0.2) is 0 Å². The van der Waals surface area contributed by atoms with Crippen LogP contribution in [0.1, 0.15) is 20.3 Å². The van der Waals surface area contributed by atoms with Crippen molar-refractivity contribution >= 4 is 27.5 Å². The molecule has 0 aliphatic rings. The van der Waals surface area contributed by atoms with Gasteiger partial charge in [0.25, 0.3) is 0 Å². The standard InChI is InChI=1S/C14H21BrN2O2/c1-10(9-18)8-16-11(2)7-14(19)17-13-5-3-12(15)4-6-13/h3-6,10-11,16,18H,7-9H2,1-2H3,(H,17,19). The van der Waals surface area contributed by atoms with Gasteiger partial charge in [0, 0.05) is 35.8 Å². The van der Waals surface area contributed by atoms with Crippen molar-refractivity contribution in [1.29, 1.82) is 0 Å². The maximum Gasteiger partial charge on any atom is 0.225 e. The summed E-state index contributed by atoms with van der Waals surface area (Å²) in [6.07, 6.45) is 0.411. The Kier molecular flexibility index (Phi) is 7.05. The second-order valence-corrected chi connectivity index (χ2v) is 5.77. The zero-order valence-electron chi connectivity index (χ0n) is 11.3. The predicted octanol–water partition coefficient (Wildman–Crippen LogP) is 2.38. The van der Waals surface area contributed by atoms with E-state index in [4.69, 9.17) is 5.11 Å². The highest BCUT2D eigenvalue weighted by atomic mass is 79.9. The maximum absolute atomic E-state index is 11.8. The molecule has 1 rings (SSSR count). The number of carbonyl (C=O) groups is 1. The minimum absolute atomic E-state index is 0.0148. The van der Waals surface area contributed by atoms with Crippen LogP contribution < -0.4 is 10.6 Å². The normalized spacial score (nSPS) is 13.9. The third-order valence-corrected chi connectivity index (χ3v) is 3.27. The topological polar surface area (TPSA) is 61.4 Å². The smallest absolute Gasteiger partial charge is 0.225 e. The number of amides is 1. The van der Waals surface area contributed by atoms with E-state index in [0.717, 1.165) is 10.2 Å². The van der Waals surface area contributed by atoms with Crippen LogP contribution in [0.4, 0.5) is 5.69 Å². The zero-order valence-corrected chi connectivity index (χ0v) is 12.9. The van der Waals surface area contributed by atoms with E-state index in [2.05, 4.69) is 26.6 Å². The molecule has 4 nitrogen and oxygen atoms in total. The minimum atomic E-state index is -0.0148. The highest BCUT2D eigenvalue weighted by Crippen LogP contribution is 2.14. The van der Waals surface area contributed by atoms with E-state index in [9.17, 15) is 4.79 Å². The molecule has 0 saturated carbocycles. The highest BCUT2D eigenvalue weighted by Gasteiger charge is 2.10. The van der Waals surface area contributed by atoms with Gasteiger partial charge in [0.1, 0.15) is 0 Å². The molecule has 3 N–H and O–H groups in total. The summed E-state index contributed by atoms with van der Waals surface area (Å²) < 4.78 is 0.985. The van der Waals surface area contributed by atoms with E-state index in [1.807, 2.05) is 38.1 Å². The van der Waals surface area contributed by atoms with Gasteiger partial charge < -0.3 is 15.7 Å². The summed E-state index contributed by atoms with van der Waals surface area (Å²) in [5.74, 6) is 0.191. The molecule has 0 aliphatic carbocycles. The second kappa shape index (κ2) is 8.30. The predicted molar refractivity (Wildman–Crippen MR) is 81.1 cm³/mol. The van der Waals surface area contributed by atoms with Gasteiger partial charge in [0.2, 0.25) is 5.91 Å². The molecule has 0 fully saturated rings. The average Bonchev–Trinajstić information content (AvgIpc) is 2.38. The summed E-state index contributed by atoms with van der Waals surface area (Å²) >= 11 is 3.35. The number of aliphatic hydroxyl groups excluding tert-OH is 1. The Morgan fingerprint density at radius 1 is 1.32 bits per heavy atom. The molecule has 0 aliphatic heterocycles. The number of anilines is 1. The number of nitrogens with one attached hydrogen (secondary N) is 2. The van der Waals surface area contributed by atoms with Crippen molar-refractivity contribution in [1.82, 2.24) is 5.32 Å². The summed E-state index contributed by atoms with van der Waals surface area (Å²) in [6.45, 7) is 4.79. The third-order valence-electron chi connectivity index (χ3n) is 2.75. The van der Waals surface area contributed by atoms with Crippen LogP contribution >= 0.6 is 15.9 Å². The first kappa shape index (κ1) is 16.1. The van der Waals surface area contributed by atoms with Crippen molar-refractivity contribution < 1.29 is 9.90 Å². The number of halogens is 1. The van der Waals surface area contributed by atoms with Crippen molar-refractivity contribution in [3.05, 3.63) is 28.7 Å².